The van der Waals surface area contributed by atoms with Gasteiger partial charge in [0.1, 0.15) is 5.75 Å². The molecule has 1 aromatic rings. The highest BCUT2D eigenvalue weighted by atomic mass is 16.5. The molecule has 0 aliphatic heterocycles. The van der Waals surface area contributed by atoms with Gasteiger partial charge in [-0.1, -0.05) is 0 Å². The van der Waals surface area contributed by atoms with Crippen molar-refractivity contribution in [3.05, 3.63) is 28.8 Å². The van der Waals surface area contributed by atoms with Crippen LogP contribution in [0.3, 0.4) is 0 Å². The zero-order chi connectivity index (χ0) is 10.1. The van der Waals surface area contributed by atoms with E-state index in [9.17, 15) is 0 Å². The molecule has 0 spiro atoms. The summed E-state index contributed by atoms with van der Waals surface area (Å²) in [7, 11) is 1.70. The molecule has 2 nitrogen and oxygen atoms in total. The molecule has 0 unspecified atom stereocenters. The fourth-order valence-electron chi connectivity index (χ4n) is 2.03. The molecule has 0 fully saturated rings. The molecule has 1 N–H and O–H groups in total. The van der Waals surface area contributed by atoms with Gasteiger partial charge in [-0.15, -0.1) is 0 Å². The maximum absolute atomic E-state index is 7.85. The lowest BCUT2D eigenvalue weighted by atomic mass is 9.88. The van der Waals surface area contributed by atoms with E-state index in [1.165, 1.54) is 5.56 Å². The van der Waals surface area contributed by atoms with Crippen molar-refractivity contribution in [1.29, 1.82) is 5.41 Å². The summed E-state index contributed by atoms with van der Waals surface area (Å²) in [5, 5.41) is 7.85. The van der Waals surface area contributed by atoms with Crippen LogP contribution < -0.4 is 4.74 Å². The van der Waals surface area contributed by atoms with Crippen molar-refractivity contribution < 1.29 is 4.74 Å². The SMILES string of the molecule is COc1cc2c(cc1C)C(=N)CCC2. The van der Waals surface area contributed by atoms with Gasteiger partial charge in [0, 0.05) is 5.71 Å². The van der Waals surface area contributed by atoms with Gasteiger partial charge in [0.25, 0.3) is 0 Å². The molecule has 1 aromatic carbocycles. The maximum Gasteiger partial charge on any atom is 0.122 e. The monoisotopic (exact) mass is 189 g/mol. The normalized spacial score (nSPS) is 15.1. The van der Waals surface area contributed by atoms with E-state index in [0.717, 1.165) is 41.9 Å². The van der Waals surface area contributed by atoms with E-state index >= 15 is 0 Å². The fraction of sp³-hybridized carbons (Fsp3) is 0.417. The van der Waals surface area contributed by atoms with Crippen molar-refractivity contribution in [2.24, 2.45) is 0 Å². The molecule has 1 aliphatic rings. The lowest BCUT2D eigenvalue weighted by molar-refractivity contribution is 0.411. The Morgan fingerprint density at radius 1 is 1.29 bits per heavy atom. The number of aryl methyl sites for hydroxylation is 2. The Morgan fingerprint density at radius 3 is 2.79 bits per heavy atom. The molecule has 1 aliphatic carbocycles. The highest BCUT2D eigenvalue weighted by molar-refractivity contribution is 6.00. The van der Waals surface area contributed by atoms with Crippen molar-refractivity contribution >= 4 is 5.71 Å². The number of hydrogen-bond donors (Lipinski definition) is 1. The standard InChI is InChI=1S/C12H15NO/c1-8-6-10-9(7-12(8)14-2)4-3-5-11(10)13/h6-7,13H,3-5H2,1-2H3. The highest BCUT2D eigenvalue weighted by Crippen LogP contribution is 2.28. The average molecular weight is 189 g/mol. The third kappa shape index (κ3) is 1.41. The second-order valence-corrected chi connectivity index (χ2v) is 3.81. The number of benzene rings is 1. The lowest BCUT2D eigenvalue weighted by Gasteiger charge is -2.18. The number of hydrogen-bond acceptors (Lipinski definition) is 2. The number of rotatable bonds is 1. The molecule has 0 saturated carbocycles. The largest absolute Gasteiger partial charge is 0.496 e. The second-order valence-electron chi connectivity index (χ2n) is 3.81. The lowest BCUT2D eigenvalue weighted by Crippen LogP contribution is -2.11. The Hall–Kier alpha value is -1.31. The number of nitrogens with one attached hydrogen (secondary N) is 1. The first-order valence-electron chi connectivity index (χ1n) is 4.97. The molecule has 0 amide bonds. The van der Waals surface area contributed by atoms with Crippen LogP contribution in [0.25, 0.3) is 0 Å². The van der Waals surface area contributed by atoms with Gasteiger partial charge in [-0.2, -0.15) is 0 Å². The predicted molar refractivity (Wildman–Crippen MR) is 57.5 cm³/mol. The van der Waals surface area contributed by atoms with Crippen LogP contribution in [-0.4, -0.2) is 12.8 Å². The summed E-state index contributed by atoms with van der Waals surface area (Å²) in [4.78, 5) is 0. The summed E-state index contributed by atoms with van der Waals surface area (Å²) in [6.45, 7) is 2.03. The molecule has 14 heavy (non-hydrogen) atoms. The average Bonchev–Trinajstić information content (AvgIpc) is 2.19. The van der Waals surface area contributed by atoms with E-state index < -0.39 is 0 Å². The van der Waals surface area contributed by atoms with Gasteiger partial charge >= 0.3 is 0 Å². The molecule has 0 heterocycles. The molecular weight excluding hydrogens is 174 g/mol. The topological polar surface area (TPSA) is 33.1 Å². The quantitative estimate of drug-likeness (QED) is 0.724. The van der Waals surface area contributed by atoms with Gasteiger partial charge < -0.3 is 10.1 Å². The summed E-state index contributed by atoms with van der Waals surface area (Å²) < 4.78 is 5.28. The number of fused-ring (bicyclic) bond motifs is 1. The molecular formula is C12H15NO. The molecule has 0 bridgehead atoms. The van der Waals surface area contributed by atoms with E-state index in [2.05, 4.69) is 12.1 Å². The first-order valence-corrected chi connectivity index (χ1v) is 4.97. The minimum atomic E-state index is 0.775. The van der Waals surface area contributed by atoms with Crippen LogP contribution in [-0.2, 0) is 6.42 Å². The smallest absolute Gasteiger partial charge is 0.122 e. The molecule has 0 radical (unpaired) electrons. The van der Waals surface area contributed by atoms with Gasteiger partial charge in [-0.25, -0.2) is 0 Å². The minimum absolute atomic E-state index is 0.775. The van der Waals surface area contributed by atoms with Crippen molar-refractivity contribution in [1.82, 2.24) is 0 Å². The Bertz CT molecular complexity index is 382. The fourth-order valence-corrected chi connectivity index (χ4v) is 2.03. The Balaban J connectivity index is 2.54. The van der Waals surface area contributed by atoms with Crippen LogP contribution in [0.4, 0.5) is 0 Å². The van der Waals surface area contributed by atoms with Crippen LogP contribution in [0.2, 0.25) is 0 Å². The molecule has 2 heteroatoms. The van der Waals surface area contributed by atoms with Gasteiger partial charge in [-0.3, -0.25) is 0 Å². The van der Waals surface area contributed by atoms with E-state index in [1.807, 2.05) is 6.92 Å². The third-order valence-electron chi connectivity index (χ3n) is 2.82. The van der Waals surface area contributed by atoms with Gasteiger partial charge in [0.15, 0.2) is 0 Å². The zero-order valence-corrected chi connectivity index (χ0v) is 8.68. The minimum Gasteiger partial charge on any atom is -0.496 e. The first-order chi connectivity index (χ1) is 6.72. The van der Waals surface area contributed by atoms with Crippen molar-refractivity contribution in [2.75, 3.05) is 7.11 Å². The predicted octanol–water partition coefficient (Wildman–Crippen LogP) is 2.71. The molecule has 0 aromatic heterocycles. The van der Waals surface area contributed by atoms with E-state index in [4.69, 9.17) is 10.1 Å². The van der Waals surface area contributed by atoms with Gasteiger partial charge in [0.05, 0.1) is 7.11 Å². The number of methoxy groups -OCH3 is 1. The summed E-state index contributed by atoms with van der Waals surface area (Å²) in [5.74, 6) is 0.943. The van der Waals surface area contributed by atoms with E-state index in [-0.39, 0.29) is 0 Å². The van der Waals surface area contributed by atoms with Gasteiger partial charge in [0.2, 0.25) is 0 Å². The summed E-state index contributed by atoms with van der Waals surface area (Å²) in [6.07, 6.45) is 3.09. The summed E-state index contributed by atoms with van der Waals surface area (Å²) in [5.41, 5.74) is 4.29. The molecule has 0 atom stereocenters. The van der Waals surface area contributed by atoms with E-state index in [0.29, 0.717) is 0 Å². The Morgan fingerprint density at radius 2 is 2.07 bits per heavy atom. The summed E-state index contributed by atoms with van der Waals surface area (Å²) in [6, 6.07) is 4.16. The van der Waals surface area contributed by atoms with Crippen LogP contribution in [0.1, 0.15) is 29.5 Å². The third-order valence-corrected chi connectivity index (χ3v) is 2.82. The Labute approximate surface area is 84.4 Å². The van der Waals surface area contributed by atoms with E-state index in [1.54, 1.807) is 7.11 Å². The van der Waals surface area contributed by atoms with Crippen molar-refractivity contribution in [3.63, 3.8) is 0 Å². The number of ether oxygens (including phenoxy) is 1. The molecule has 74 valence electrons. The van der Waals surface area contributed by atoms with Crippen LogP contribution in [0.5, 0.6) is 5.75 Å². The van der Waals surface area contributed by atoms with Gasteiger partial charge in [-0.05, 0) is 55.0 Å². The second kappa shape index (κ2) is 3.45. The zero-order valence-electron chi connectivity index (χ0n) is 8.68. The molecule has 0 saturated heterocycles. The van der Waals surface area contributed by atoms with Crippen LogP contribution >= 0.6 is 0 Å². The maximum atomic E-state index is 7.85. The van der Waals surface area contributed by atoms with Crippen LogP contribution in [0, 0.1) is 12.3 Å². The van der Waals surface area contributed by atoms with Crippen molar-refractivity contribution in [3.8, 4) is 5.75 Å². The molecule has 2 rings (SSSR count). The van der Waals surface area contributed by atoms with Crippen LogP contribution in [0.15, 0.2) is 12.1 Å². The highest BCUT2D eigenvalue weighted by Gasteiger charge is 2.15. The Kier molecular flexibility index (Phi) is 2.28. The van der Waals surface area contributed by atoms with Crippen molar-refractivity contribution in [2.45, 2.75) is 26.2 Å². The first kappa shape index (κ1) is 9.25. The summed E-state index contributed by atoms with van der Waals surface area (Å²) >= 11 is 0.